The van der Waals surface area contributed by atoms with E-state index in [1.165, 1.54) is 0 Å². The standard InChI is InChI=1S/C2H2F2O4/c3-2(4,7)8-1(5)6/h7H,(H,5,6). The summed E-state index contributed by atoms with van der Waals surface area (Å²) in [7, 11) is 0. The van der Waals surface area contributed by atoms with E-state index >= 15 is 0 Å². The predicted molar refractivity (Wildman–Crippen MR) is 16.3 cm³/mol. The molecule has 2 N–H and O–H groups in total. The van der Waals surface area contributed by atoms with Gasteiger partial charge in [0.25, 0.3) is 0 Å². The summed E-state index contributed by atoms with van der Waals surface area (Å²) >= 11 is 0. The summed E-state index contributed by atoms with van der Waals surface area (Å²) < 4.78 is 24.4. The van der Waals surface area contributed by atoms with Gasteiger partial charge in [-0.05, 0) is 0 Å². The van der Waals surface area contributed by atoms with Gasteiger partial charge in [-0.15, -0.1) is 8.78 Å². The summed E-state index contributed by atoms with van der Waals surface area (Å²) in [5.41, 5.74) is 0. The summed E-state index contributed by atoms with van der Waals surface area (Å²) in [5, 5.41) is 14.6. The Morgan fingerprint density at radius 2 is 2.00 bits per heavy atom. The molecule has 48 valence electrons. The first-order chi connectivity index (χ1) is 3.42. The minimum atomic E-state index is -4.58. The smallest absolute Gasteiger partial charge is 0.450 e. The van der Waals surface area contributed by atoms with E-state index in [4.69, 9.17) is 15.0 Å². The highest BCUT2D eigenvalue weighted by Crippen LogP contribution is 2.08. The second-order valence-electron chi connectivity index (χ2n) is 0.854. The fraction of sp³-hybridized carbons (Fsp3) is 0.500. The molecule has 4 nitrogen and oxygen atoms in total. The van der Waals surface area contributed by atoms with Gasteiger partial charge in [0.2, 0.25) is 0 Å². The van der Waals surface area contributed by atoms with Crippen LogP contribution in [0.25, 0.3) is 0 Å². The van der Waals surface area contributed by atoms with Crippen molar-refractivity contribution in [1.29, 1.82) is 0 Å². The van der Waals surface area contributed by atoms with Crippen molar-refractivity contribution in [2.45, 2.75) is 6.29 Å². The van der Waals surface area contributed by atoms with Crippen LogP contribution in [0.3, 0.4) is 0 Å². The van der Waals surface area contributed by atoms with Gasteiger partial charge in [-0.25, -0.2) is 4.79 Å². The quantitative estimate of drug-likeness (QED) is 0.391. The predicted octanol–water partition coefficient (Wildman–Crippen LogP) is 0.224. The minimum absolute atomic E-state index is 2.22. The maximum Gasteiger partial charge on any atom is 0.537 e. The van der Waals surface area contributed by atoms with E-state index in [2.05, 4.69) is 4.74 Å². The summed E-state index contributed by atoms with van der Waals surface area (Å²) in [5.74, 6) is 0. The molecular weight excluding hydrogens is 126 g/mol. The van der Waals surface area contributed by atoms with E-state index in [1.807, 2.05) is 0 Å². The van der Waals surface area contributed by atoms with E-state index in [0.29, 0.717) is 0 Å². The van der Waals surface area contributed by atoms with Gasteiger partial charge in [0, 0.05) is 0 Å². The van der Waals surface area contributed by atoms with Crippen molar-refractivity contribution in [3.8, 4) is 0 Å². The molecule has 6 heteroatoms. The van der Waals surface area contributed by atoms with E-state index in [0.717, 1.165) is 0 Å². The number of carbonyl (C=O) groups is 1. The van der Waals surface area contributed by atoms with E-state index in [-0.39, 0.29) is 0 Å². The Balaban J connectivity index is 3.55. The lowest BCUT2D eigenvalue weighted by atomic mass is 11.2. The number of halogens is 2. The van der Waals surface area contributed by atoms with Crippen molar-refractivity contribution in [3.05, 3.63) is 0 Å². The Labute approximate surface area is 42.3 Å². The molecule has 0 aromatic carbocycles. The average molecular weight is 128 g/mol. The maximum absolute atomic E-state index is 10.9. The van der Waals surface area contributed by atoms with Crippen molar-refractivity contribution in [3.63, 3.8) is 0 Å². The second-order valence-corrected chi connectivity index (χ2v) is 0.854. The largest absolute Gasteiger partial charge is 0.537 e. The molecule has 0 heterocycles. The minimum Gasteiger partial charge on any atom is -0.450 e. The molecule has 0 aromatic heterocycles. The first-order valence-electron chi connectivity index (χ1n) is 1.44. The van der Waals surface area contributed by atoms with Crippen molar-refractivity contribution >= 4 is 6.16 Å². The van der Waals surface area contributed by atoms with E-state index in [9.17, 15) is 8.78 Å². The maximum atomic E-state index is 10.9. The molecule has 0 saturated carbocycles. The van der Waals surface area contributed by atoms with Gasteiger partial charge in [-0.1, -0.05) is 0 Å². The molecule has 0 atom stereocenters. The number of hydrogen-bond donors (Lipinski definition) is 2. The molecule has 0 aliphatic rings. The topological polar surface area (TPSA) is 66.8 Å². The molecule has 0 saturated heterocycles. The molecular formula is C2H2F2O4. The molecule has 0 aromatic rings. The summed E-state index contributed by atoms with van der Waals surface area (Å²) in [6.45, 7) is 0. The van der Waals surface area contributed by atoms with Crippen molar-refractivity contribution in [2.24, 2.45) is 0 Å². The van der Waals surface area contributed by atoms with Gasteiger partial charge in [-0.2, -0.15) is 0 Å². The Kier molecular flexibility index (Phi) is 1.69. The van der Waals surface area contributed by atoms with Crippen LogP contribution in [-0.4, -0.2) is 22.7 Å². The zero-order valence-corrected chi connectivity index (χ0v) is 3.47. The number of aliphatic hydroxyl groups is 1. The van der Waals surface area contributed by atoms with Crippen LogP contribution in [0.4, 0.5) is 13.6 Å². The normalized spacial score (nSPS) is 10.9. The fourth-order valence-electron chi connectivity index (χ4n) is 0.105. The third-order valence-corrected chi connectivity index (χ3v) is 0.210. The number of alkyl halides is 2. The monoisotopic (exact) mass is 128 g/mol. The Morgan fingerprint density at radius 3 is 2.00 bits per heavy atom. The SMILES string of the molecule is O=C(O)OC(O)(F)F. The highest BCUT2D eigenvalue weighted by molar-refractivity contribution is 5.56. The van der Waals surface area contributed by atoms with Crippen molar-refractivity contribution in [1.82, 2.24) is 0 Å². The Morgan fingerprint density at radius 1 is 1.62 bits per heavy atom. The Bertz CT molecular complexity index is 94.7. The first kappa shape index (κ1) is 7.09. The number of hydrogen-bond acceptors (Lipinski definition) is 3. The van der Waals surface area contributed by atoms with Crippen LogP contribution in [0.1, 0.15) is 0 Å². The van der Waals surface area contributed by atoms with E-state index < -0.39 is 12.5 Å². The molecule has 0 rings (SSSR count). The van der Waals surface area contributed by atoms with Crippen LogP contribution < -0.4 is 0 Å². The first-order valence-corrected chi connectivity index (χ1v) is 1.44. The summed E-state index contributed by atoms with van der Waals surface area (Å²) in [6.07, 6.45) is -6.80. The van der Waals surface area contributed by atoms with Crippen LogP contribution in [0, 0.1) is 0 Å². The molecule has 8 heavy (non-hydrogen) atoms. The van der Waals surface area contributed by atoms with Gasteiger partial charge in [0.1, 0.15) is 0 Å². The summed E-state index contributed by atoms with van der Waals surface area (Å²) in [6, 6.07) is 0. The molecule has 0 amide bonds. The number of rotatable bonds is 1. The highest BCUT2D eigenvalue weighted by atomic mass is 19.3. The van der Waals surface area contributed by atoms with Crippen LogP contribution in [-0.2, 0) is 4.74 Å². The molecule has 0 radical (unpaired) electrons. The van der Waals surface area contributed by atoms with Gasteiger partial charge in [0.05, 0.1) is 0 Å². The van der Waals surface area contributed by atoms with Crippen molar-refractivity contribution < 1.29 is 28.5 Å². The zero-order chi connectivity index (χ0) is 6.78. The van der Waals surface area contributed by atoms with Gasteiger partial charge >= 0.3 is 12.5 Å². The molecule has 0 bridgehead atoms. The second kappa shape index (κ2) is 1.91. The van der Waals surface area contributed by atoms with Crippen molar-refractivity contribution in [2.75, 3.05) is 0 Å². The lowest BCUT2D eigenvalue weighted by Gasteiger charge is -2.03. The summed E-state index contributed by atoms with van der Waals surface area (Å²) in [4.78, 5) is 9.15. The molecule has 0 aliphatic heterocycles. The van der Waals surface area contributed by atoms with E-state index in [1.54, 1.807) is 0 Å². The van der Waals surface area contributed by atoms with Gasteiger partial charge in [-0.3, -0.25) is 0 Å². The van der Waals surface area contributed by atoms with Crippen LogP contribution in [0.2, 0.25) is 0 Å². The third kappa shape index (κ3) is 5.09. The highest BCUT2D eigenvalue weighted by Gasteiger charge is 2.30. The van der Waals surface area contributed by atoms with Gasteiger partial charge in [0.15, 0.2) is 0 Å². The molecule has 0 fully saturated rings. The van der Waals surface area contributed by atoms with Gasteiger partial charge < -0.3 is 14.9 Å². The lowest BCUT2D eigenvalue weighted by Crippen LogP contribution is -2.22. The molecule has 0 aliphatic carbocycles. The molecule has 0 spiro atoms. The average Bonchev–Trinajstić information content (AvgIpc) is 1.21. The van der Waals surface area contributed by atoms with Crippen LogP contribution >= 0.6 is 0 Å². The molecule has 0 unspecified atom stereocenters. The lowest BCUT2D eigenvalue weighted by molar-refractivity contribution is -0.346. The Hall–Kier alpha value is -0.910. The number of ether oxygens (including phenoxy) is 1. The number of carboxylic acid groups (broad SMARTS) is 1. The van der Waals surface area contributed by atoms with Crippen LogP contribution in [0.15, 0.2) is 0 Å². The fourth-order valence-corrected chi connectivity index (χ4v) is 0.105. The third-order valence-electron chi connectivity index (χ3n) is 0.210. The van der Waals surface area contributed by atoms with Crippen LogP contribution in [0.5, 0.6) is 0 Å². The zero-order valence-electron chi connectivity index (χ0n) is 3.47.